The van der Waals surface area contributed by atoms with Gasteiger partial charge in [-0.3, -0.25) is 0 Å². The second-order valence-electron chi connectivity index (χ2n) is 6.36. The number of aryl methyl sites for hydroxylation is 2. The van der Waals surface area contributed by atoms with Crippen molar-refractivity contribution in [1.29, 1.82) is 5.26 Å². The van der Waals surface area contributed by atoms with Crippen molar-refractivity contribution in [3.8, 4) is 6.07 Å². The van der Waals surface area contributed by atoms with Crippen molar-refractivity contribution >= 4 is 0 Å². The number of rotatable bonds is 3. The second-order valence-corrected chi connectivity index (χ2v) is 6.36. The zero-order chi connectivity index (χ0) is 13.9. The highest BCUT2D eigenvalue weighted by Crippen LogP contribution is 2.42. The van der Waals surface area contributed by atoms with Gasteiger partial charge in [0.05, 0.1) is 11.5 Å². The van der Waals surface area contributed by atoms with Gasteiger partial charge in [-0.2, -0.15) is 5.26 Å². The monoisotopic (exact) mass is 255 g/mol. The Balaban J connectivity index is 2.18. The molecule has 2 unspecified atom stereocenters. The van der Waals surface area contributed by atoms with Crippen LogP contribution in [0.4, 0.5) is 0 Å². The molecule has 0 saturated heterocycles. The van der Waals surface area contributed by atoms with E-state index in [2.05, 4.69) is 45.0 Å². The fraction of sp³-hybridized carbons (Fsp3) is 0.611. The molecular weight excluding hydrogens is 230 g/mol. The molecule has 1 aromatic carbocycles. The van der Waals surface area contributed by atoms with E-state index >= 15 is 0 Å². The normalized spacial score (nSPS) is 26.9. The first-order chi connectivity index (χ1) is 9.08. The van der Waals surface area contributed by atoms with Crippen LogP contribution in [0, 0.1) is 36.5 Å². The number of benzene rings is 1. The molecule has 1 nitrogen and oxygen atoms in total. The van der Waals surface area contributed by atoms with Crippen LogP contribution in [0.15, 0.2) is 18.2 Å². The van der Waals surface area contributed by atoms with Crippen LogP contribution < -0.4 is 0 Å². The van der Waals surface area contributed by atoms with Crippen molar-refractivity contribution in [3.63, 3.8) is 0 Å². The molecule has 1 aromatic rings. The van der Waals surface area contributed by atoms with Gasteiger partial charge in [-0.25, -0.2) is 0 Å². The van der Waals surface area contributed by atoms with E-state index in [1.165, 1.54) is 36.0 Å². The smallest absolute Gasteiger partial charge is 0.0693 e. The zero-order valence-electron chi connectivity index (χ0n) is 12.5. The molecule has 1 aliphatic rings. The molecule has 19 heavy (non-hydrogen) atoms. The summed E-state index contributed by atoms with van der Waals surface area (Å²) in [6.07, 6.45) is 6.85. The molecule has 102 valence electrons. The quantitative estimate of drug-likeness (QED) is 0.749. The number of hydrogen-bond acceptors (Lipinski definition) is 1. The van der Waals surface area contributed by atoms with Gasteiger partial charge in [-0.15, -0.1) is 0 Å². The minimum atomic E-state index is -0.110. The predicted molar refractivity (Wildman–Crippen MR) is 79.9 cm³/mol. The van der Waals surface area contributed by atoms with Crippen LogP contribution in [-0.2, 0) is 6.42 Å². The molecule has 1 saturated carbocycles. The van der Waals surface area contributed by atoms with Crippen molar-refractivity contribution in [3.05, 3.63) is 34.9 Å². The van der Waals surface area contributed by atoms with Gasteiger partial charge in [0.25, 0.3) is 0 Å². The Morgan fingerprint density at radius 1 is 1.32 bits per heavy atom. The van der Waals surface area contributed by atoms with Crippen molar-refractivity contribution in [2.24, 2.45) is 11.3 Å². The molecule has 0 aromatic heterocycles. The third-order valence-corrected chi connectivity index (χ3v) is 4.88. The fourth-order valence-electron chi connectivity index (χ4n) is 3.44. The van der Waals surface area contributed by atoms with E-state index in [4.69, 9.17) is 0 Å². The average molecular weight is 255 g/mol. The average Bonchev–Trinajstić information content (AvgIpc) is 2.43. The van der Waals surface area contributed by atoms with E-state index in [1.807, 2.05) is 0 Å². The molecule has 0 spiro atoms. The molecule has 1 heteroatoms. The lowest BCUT2D eigenvalue weighted by Crippen LogP contribution is -2.29. The standard InChI is InChI=1S/C18H25N/c1-4-16-6-5-9-18(11-16,13-19)12-17-8-7-14(2)15(3)10-17/h7-8,10,16H,4-6,9,11-12H2,1-3H3. The highest BCUT2D eigenvalue weighted by atomic mass is 14.4. The summed E-state index contributed by atoms with van der Waals surface area (Å²) in [5.41, 5.74) is 3.90. The number of nitriles is 1. The summed E-state index contributed by atoms with van der Waals surface area (Å²) in [6, 6.07) is 9.33. The van der Waals surface area contributed by atoms with Gasteiger partial charge >= 0.3 is 0 Å². The SMILES string of the molecule is CCC1CCCC(C#N)(Cc2ccc(C)c(C)c2)C1. The van der Waals surface area contributed by atoms with Gasteiger partial charge in [-0.1, -0.05) is 44.4 Å². The Hall–Kier alpha value is -1.29. The van der Waals surface area contributed by atoms with E-state index in [1.54, 1.807) is 0 Å². The lowest BCUT2D eigenvalue weighted by Gasteiger charge is -2.35. The Morgan fingerprint density at radius 3 is 2.74 bits per heavy atom. The van der Waals surface area contributed by atoms with Gasteiger partial charge in [0.15, 0.2) is 0 Å². The summed E-state index contributed by atoms with van der Waals surface area (Å²) in [5.74, 6) is 0.750. The van der Waals surface area contributed by atoms with Crippen LogP contribution in [0.25, 0.3) is 0 Å². The predicted octanol–water partition coefficient (Wildman–Crippen LogP) is 4.96. The highest BCUT2D eigenvalue weighted by molar-refractivity contribution is 5.31. The van der Waals surface area contributed by atoms with E-state index in [0.29, 0.717) is 0 Å². The second kappa shape index (κ2) is 5.78. The first-order valence-corrected chi connectivity index (χ1v) is 7.56. The summed E-state index contributed by atoms with van der Waals surface area (Å²) < 4.78 is 0. The fourth-order valence-corrected chi connectivity index (χ4v) is 3.44. The van der Waals surface area contributed by atoms with Gasteiger partial charge in [0, 0.05) is 0 Å². The van der Waals surface area contributed by atoms with Gasteiger partial charge < -0.3 is 0 Å². The Labute approximate surface area is 117 Å². The van der Waals surface area contributed by atoms with E-state index in [0.717, 1.165) is 25.2 Å². The van der Waals surface area contributed by atoms with Crippen LogP contribution in [0.2, 0.25) is 0 Å². The molecule has 2 atom stereocenters. The van der Waals surface area contributed by atoms with Crippen LogP contribution in [0.5, 0.6) is 0 Å². The van der Waals surface area contributed by atoms with Crippen LogP contribution >= 0.6 is 0 Å². The van der Waals surface area contributed by atoms with Crippen LogP contribution in [0.1, 0.15) is 55.7 Å². The molecule has 0 N–H and O–H groups in total. The molecule has 0 aliphatic heterocycles. The highest BCUT2D eigenvalue weighted by Gasteiger charge is 2.36. The molecule has 0 amide bonds. The van der Waals surface area contributed by atoms with Crippen LogP contribution in [-0.4, -0.2) is 0 Å². The summed E-state index contributed by atoms with van der Waals surface area (Å²) >= 11 is 0. The first kappa shape index (κ1) is 14.1. The maximum atomic E-state index is 9.69. The van der Waals surface area contributed by atoms with E-state index in [-0.39, 0.29) is 5.41 Å². The van der Waals surface area contributed by atoms with Gasteiger partial charge in [-0.05, 0) is 55.7 Å². The summed E-state index contributed by atoms with van der Waals surface area (Å²) in [6.45, 7) is 6.56. The summed E-state index contributed by atoms with van der Waals surface area (Å²) in [7, 11) is 0. The molecule has 2 rings (SSSR count). The van der Waals surface area contributed by atoms with E-state index in [9.17, 15) is 5.26 Å². The largest absolute Gasteiger partial charge is 0.198 e. The third-order valence-electron chi connectivity index (χ3n) is 4.88. The molecule has 0 bridgehead atoms. The maximum absolute atomic E-state index is 9.69. The first-order valence-electron chi connectivity index (χ1n) is 7.56. The lowest BCUT2D eigenvalue weighted by molar-refractivity contribution is 0.194. The Kier molecular flexibility index (Phi) is 4.30. The van der Waals surface area contributed by atoms with Crippen molar-refractivity contribution in [2.45, 2.75) is 59.3 Å². The molecule has 1 aliphatic carbocycles. The molecule has 0 heterocycles. The third kappa shape index (κ3) is 3.18. The minimum absolute atomic E-state index is 0.110. The van der Waals surface area contributed by atoms with Crippen molar-refractivity contribution in [1.82, 2.24) is 0 Å². The molecule has 1 fully saturated rings. The number of nitrogens with zero attached hydrogens (tertiary/aromatic N) is 1. The Bertz CT molecular complexity index is 483. The topological polar surface area (TPSA) is 23.8 Å². The number of hydrogen-bond donors (Lipinski definition) is 0. The maximum Gasteiger partial charge on any atom is 0.0693 e. The molecular formula is C18H25N. The van der Waals surface area contributed by atoms with Crippen LogP contribution in [0.3, 0.4) is 0 Å². The van der Waals surface area contributed by atoms with Gasteiger partial charge in [0.2, 0.25) is 0 Å². The van der Waals surface area contributed by atoms with Crippen molar-refractivity contribution < 1.29 is 0 Å². The van der Waals surface area contributed by atoms with Crippen molar-refractivity contribution in [2.75, 3.05) is 0 Å². The Morgan fingerprint density at radius 2 is 2.11 bits per heavy atom. The van der Waals surface area contributed by atoms with Gasteiger partial charge in [0.1, 0.15) is 0 Å². The molecule has 0 radical (unpaired) electrons. The summed E-state index contributed by atoms with van der Waals surface area (Å²) in [5, 5.41) is 9.69. The minimum Gasteiger partial charge on any atom is -0.198 e. The lowest BCUT2D eigenvalue weighted by atomic mass is 9.67. The van der Waals surface area contributed by atoms with E-state index < -0.39 is 0 Å². The zero-order valence-corrected chi connectivity index (χ0v) is 12.5. The summed E-state index contributed by atoms with van der Waals surface area (Å²) in [4.78, 5) is 0.